The Morgan fingerprint density at radius 2 is 1.14 bits per heavy atom. The van der Waals surface area contributed by atoms with E-state index in [2.05, 4.69) is 0 Å². The van der Waals surface area contributed by atoms with Crippen LogP contribution in [0.25, 0.3) is 0 Å². The van der Waals surface area contributed by atoms with Crippen molar-refractivity contribution in [1.29, 1.82) is 0 Å². The molecule has 0 radical (unpaired) electrons. The molecule has 0 saturated carbocycles. The molecule has 0 heterocycles. The average molecular weight is 323 g/mol. The monoisotopic (exact) mass is 323 g/mol. The minimum Gasteiger partial charge on any atom is -0.333 e. The maximum atomic E-state index is 13.8. The Morgan fingerprint density at radius 1 is 0.818 bits per heavy atom. The van der Waals surface area contributed by atoms with Crippen molar-refractivity contribution in [3.63, 3.8) is 0 Å². The van der Waals surface area contributed by atoms with Gasteiger partial charge in [-0.05, 0) is 26.7 Å². The summed E-state index contributed by atoms with van der Waals surface area (Å²) in [5.41, 5.74) is -1.41. The van der Waals surface area contributed by atoms with Crippen LogP contribution in [-0.2, 0) is 0 Å². The van der Waals surface area contributed by atoms with Gasteiger partial charge in [-0.2, -0.15) is 0 Å². The van der Waals surface area contributed by atoms with E-state index < -0.39 is 52.6 Å². The van der Waals surface area contributed by atoms with Crippen LogP contribution >= 0.6 is 0 Å². The molecule has 0 aliphatic carbocycles. The lowest BCUT2D eigenvalue weighted by atomic mass is 10.1. The van der Waals surface area contributed by atoms with E-state index in [0.29, 0.717) is 12.8 Å². The molecule has 124 valence electrons. The average Bonchev–Trinajstić information content (AvgIpc) is 2.50. The Morgan fingerprint density at radius 3 is 1.45 bits per heavy atom. The van der Waals surface area contributed by atoms with Crippen molar-refractivity contribution in [1.82, 2.24) is 4.90 Å². The first-order chi connectivity index (χ1) is 10.2. The molecule has 1 aromatic carbocycles. The summed E-state index contributed by atoms with van der Waals surface area (Å²) in [4.78, 5) is 13.5. The second kappa shape index (κ2) is 7.07. The Kier molecular flexibility index (Phi) is 5.91. The molecule has 0 N–H and O–H groups in total. The number of nitrogens with zero attached hydrogens (tertiary/aromatic N) is 1. The zero-order valence-corrected chi connectivity index (χ0v) is 12.8. The molecule has 0 aliphatic heterocycles. The summed E-state index contributed by atoms with van der Waals surface area (Å²) >= 11 is 0. The van der Waals surface area contributed by atoms with Gasteiger partial charge in [0.15, 0.2) is 23.3 Å². The molecule has 0 spiro atoms. The molecule has 1 rings (SSSR count). The minimum absolute atomic E-state index is 0.405. The van der Waals surface area contributed by atoms with Crippen LogP contribution in [0, 0.1) is 29.1 Å². The fraction of sp³-hybridized carbons (Fsp3) is 0.533. The minimum atomic E-state index is -2.27. The highest BCUT2D eigenvalue weighted by Gasteiger charge is 2.34. The van der Waals surface area contributed by atoms with Gasteiger partial charge in [-0.15, -0.1) is 0 Å². The van der Waals surface area contributed by atoms with Gasteiger partial charge in [0.05, 0.1) is 0 Å². The van der Waals surface area contributed by atoms with Crippen LogP contribution in [0.3, 0.4) is 0 Å². The number of benzene rings is 1. The van der Waals surface area contributed by atoms with Gasteiger partial charge in [0.2, 0.25) is 5.82 Å². The van der Waals surface area contributed by atoms with Crippen LogP contribution in [0.15, 0.2) is 0 Å². The molecule has 2 nitrogen and oxygen atoms in total. The van der Waals surface area contributed by atoms with Gasteiger partial charge < -0.3 is 4.90 Å². The van der Waals surface area contributed by atoms with Gasteiger partial charge >= 0.3 is 0 Å². The maximum Gasteiger partial charge on any atom is 0.260 e. The summed E-state index contributed by atoms with van der Waals surface area (Å²) in [5.74, 6) is -11.9. The molecule has 0 aromatic heterocycles. The smallest absolute Gasteiger partial charge is 0.260 e. The van der Waals surface area contributed by atoms with Crippen molar-refractivity contribution in [2.24, 2.45) is 0 Å². The quantitative estimate of drug-likeness (QED) is 0.446. The number of amides is 1. The number of rotatable bonds is 5. The SMILES string of the molecule is CC[C@H](C)N(C(=O)c1c(F)c(F)c(F)c(F)c1F)[C@@H](C)CC. The first kappa shape index (κ1) is 18.4. The largest absolute Gasteiger partial charge is 0.333 e. The van der Waals surface area contributed by atoms with Gasteiger partial charge in [0.1, 0.15) is 5.56 Å². The molecule has 7 heteroatoms. The summed E-state index contributed by atoms with van der Waals surface area (Å²) in [6.45, 7) is 6.81. The number of halogens is 5. The first-order valence-corrected chi connectivity index (χ1v) is 7.02. The van der Waals surface area contributed by atoms with Crippen LogP contribution in [0.2, 0.25) is 0 Å². The third kappa shape index (κ3) is 3.08. The predicted molar refractivity (Wildman–Crippen MR) is 71.9 cm³/mol. The van der Waals surface area contributed by atoms with Gasteiger partial charge in [-0.3, -0.25) is 4.79 Å². The van der Waals surface area contributed by atoms with Crippen LogP contribution in [0.1, 0.15) is 50.9 Å². The number of carbonyl (C=O) groups is 1. The Balaban J connectivity index is 3.49. The van der Waals surface area contributed by atoms with Gasteiger partial charge in [0.25, 0.3) is 5.91 Å². The van der Waals surface area contributed by atoms with E-state index in [9.17, 15) is 26.7 Å². The van der Waals surface area contributed by atoms with E-state index in [1.165, 1.54) is 0 Å². The zero-order chi connectivity index (χ0) is 17.2. The van der Waals surface area contributed by atoms with Crippen molar-refractivity contribution in [3.05, 3.63) is 34.6 Å². The molecule has 0 aliphatic rings. The van der Waals surface area contributed by atoms with Crippen molar-refractivity contribution in [2.75, 3.05) is 0 Å². The lowest BCUT2D eigenvalue weighted by molar-refractivity contribution is 0.0585. The lowest BCUT2D eigenvalue weighted by Gasteiger charge is -2.34. The maximum absolute atomic E-state index is 13.8. The van der Waals surface area contributed by atoms with Crippen molar-refractivity contribution < 1.29 is 26.7 Å². The number of hydrogen-bond donors (Lipinski definition) is 0. The van der Waals surface area contributed by atoms with E-state index in [-0.39, 0.29) is 0 Å². The van der Waals surface area contributed by atoms with Gasteiger partial charge in [-0.1, -0.05) is 13.8 Å². The standard InChI is InChI=1S/C15H18F5NO/c1-5-7(3)21(8(4)6-2)15(22)9-10(16)12(18)14(20)13(19)11(9)17/h7-8H,5-6H2,1-4H3/t7-,8-/m0/s1. The Labute approximate surface area is 125 Å². The van der Waals surface area contributed by atoms with Crippen LogP contribution in [-0.4, -0.2) is 22.9 Å². The normalized spacial score (nSPS) is 13.9. The van der Waals surface area contributed by atoms with E-state index in [1.807, 2.05) is 0 Å². The fourth-order valence-electron chi connectivity index (χ4n) is 2.15. The van der Waals surface area contributed by atoms with Crippen LogP contribution in [0.4, 0.5) is 22.0 Å². The van der Waals surface area contributed by atoms with Gasteiger partial charge in [-0.25, -0.2) is 22.0 Å². The summed E-state index contributed by atoms with van der Waals surface area (Å²) in [7, 11) is 0. The van der Waals surface area contributed by atoms with E-state index >= 15 is 0 Å². The topological polar surface area (TPSA) is 20.3 Å². The van der Waals surface area contributed by atoms with Crippen molar-refractivity contribution >= 4 is 5.91 Å². The fourth-order valence-corrected chi connectivity index (χ4v) is 2.15. The molecule has 2 atom stereocenters. The predicted octanol–water partition coefficient (Wildman–Crippen LogP) is 4.42. The number of carbonyl (C=O) groups excluding carboxylic acids is 1. The number of hydrogen-bond acceptors (Lipinski definition) is 1. The summed E-state index contributed by atoms with van der Waals surface area (Å²) in [5, 5.41) is 0. The lowest BCUT2D eigenvalue weighted by Crippen LogP contribution is -2.45. The Hall–Kier alpha value is -1.66. The second-order valence-corrected chi connectivity index (χ2v) is 5.17. The van der Waals surface area contributed by atoms with Gasteiger partial charge in [0, 0.05) is 12.1 Å². The van der Waals surface area contributed by atoms with E-state index in [0.717, 1.165) is 4.90 Å². The van der Waals surface area contributed by atoms with Crippen LogP contribution < -0.4 is 0 Å². The molecular weight excluding hydrogens is 305 g/mol. The third-order valence-electron chi connectivity index (χ3n) is 3.79. The summed E-state index contributed by atoms with van der Waals surface area (Å²) < 4.78 is 67.1. The highest BCUT2D eigenvalue weighted by Crippen LogP contribution is 2.26. The van der Waals surface area contributed by atoms with E-state index in [4.69, 9.17) is 0 Å². The summed E-state index contributed by atoms with van der Waals surface area (Å²) in [6.07, 6.45) is 0.955. The molecule has 0 unspecified atom stereocenters. The van der Waals surface area contributed by atoms with Crippen molar-refractivity contribution in [2.45, 2.75) is 52.6 Å². The highest BCUT2D eigenvalue weighted by atomic mass is 19.2. The Bertz CT molecular complexity index is 537. The molecular formula is C15H18F5NO. The molecule has 0 fully saturated rings. The second-order valence-electron chi connectivity index (χ2n) is 5.17. The molecule has 0 bridgehead atoms. The molecule has 22 heavy (non-hydrogen) atoms. The van der Waals surface area contributed by atoms with Crippen LogP contribution in [0.5, 0.6) is 0 Å². The zero-order valence-electron chi connectivity index (χ0n) is 12.8. The first-order valence-electron chi connectivity index (χ1n) is 7.02. The van der Waals surface area contributed by atoms with E-state index in [1.54, 1.807) is 27.7 Å². The summed E-state index contributed by atoms with van der Waals surface area (Å²) in [6, 6.07) is -0.810. The molecule has 1 amide bonds. The highest BCUT2D eigenvalue weighted by molar-refractivity contribution is 5.95. The molecule has 0 saturated heterocycles. The van der Waals surface area contributed by atoms with Crippen molar-refractivity contribution in [3.8, 4) is 0 Å². The molecule has 1 aromatic rings. The third-order valence-corrected chi connectivity index (χ3v) is 3.79.